The Kier molecular flexibility index (Phi) is 4.83. The van der Waals surface area contributed by atoms with E-state index < -0.39 is 0 Å². The predicted octanol–water partition coefficient (Wildman–Crippen LogP) is 3.33. The molecule has 0 aliphatic carbocycles. The molecule has 1 aliphatic rings. The topological polar surface area (TPSA) is 38.3 Å². The number of halogens is 1. The number of carbonyl (C=O) groups is 1. The summed E-state index contributed by atoms with van der Waals surface area (Å²) >= 11 is 5.90. The minimum Gasteiger partial charge on any atom is -0.466 e. The highest BCUT2D eigenvalue weighted by molar-refractivity contribution is 6.30. The molecule has 1 aliphatic heterocycles. The molecule has 104 valence electrons. The summed E-state index contributed by atoms with van der Waals surface area (Å²) in [7, 11) is 0. The minimum absolute atomic E-state index is 0.0384. The molecule has 3 atom stereocenters. The van der Waals surface area contributed by atoms with E-state index in [0.29, 0.717) is 6.61 Å². The number of carbonyl (C=O) groups excluding carboxylic acids is 1. The van der Waals surface area contributed by atoms with E-state index in [-0.39, 0.29) is 24.0 Å². The monoisotopic (exact) mass is 281 g/mol. The Labute approximate surface area is 119 Å². The van der Waals surface area contributed by atoms with Crippen LogP contribution in [0.5, 0.6) is 0 Å². The van der Waals surface area contributed by atoms with Gasteiger partial charge in [0.15, 0.2) is 0 Å². The van der Waals surface area contributed by atoms with Gasteiger partial charge in [-0.25, -0.2) is 0 Å². The number of ether oxygens (including phenoxy) is 1. The van der Waals surface area contributed by atoms with Crippen LogP contribution in [0.3, 0.4) is 0 Å². The quantitative estimate of drug-likeness (QED) is 0.864. The second-order valence-corrected chi connectivity index (χ2v) is 5.43. The van der Waals surface area contributed by atoms with Gasteiger partial charge in [-0.05, 0) is 44.4 Å². The van der Waals surface area contributed by atoms with E-state index in [1.54, 1.807) is 0 Å². The Morgan fingerprint density at radius 3 is 2.63 bits per heavy atom. The van der Waals surface area contributed by atoms with E-state index in [1.807, 2.05) is 38.1 Å². The molecule has 0 bridgehead atoms. The van der Waals surface area contributed by atoms with Gasteiger partial charge in [-0.2, -0.15) is 0 Å². The number of nitrogens with one attached hydrogen (secondary N) is 1. The average molecular weight is 282 g/mol. The predicted molar refractivity (Wildman–Crippen MR) is 76.1 cm³/mol. The Morgan fingerprint density at radius 1 is 1.37 bits per heavy atom. The third-order valence-electron chi connectivity index (χ3n) is 3.70. The maximum absolute atomic E-state index is 11.8. The molecule has 0 spiro atoms. The standard InChI is InChI=1S/C15H20ClNO2/c1-3-19-15(18)13-8-9-14(17-10(13)2)11-4-6-12(16)7-5-11/h4-7,10,13-14,17H,3,8-9H2,1-2H3. The Bertz CT molecular complexity index is 432. The van der Waals surface area contributed by atoms with E-state index in [2.05, 4.69) is 5.32 Å². The fourth-order valence-corrected chi connectivity index (χ4v) is 2.77. The van der Waals surface area contributed by atoms with Crippen LogP contribution in [0.2, 0.25) is 5.02 Å². The maximum Gasteiger partial charge on any atom is 0.310 e. The second-order valence-electron chi connectivity index (χ2n) is 5.00. The summed E-state index contributed by atoms with van der Waals surface area (Å²) in [6, 6.07) is 8.31. The number of piperidine rings is 1. The molecule has 2 rings (SSSR count). The van der Waals surface area contributed by atoms with E-state index in [0.717, 1.165) is 17.9 Å². The second kappa shape index (κ2) is 6.40. The summed E-state index contributed by atoms with van der Waals surface area (Å²) in [5.74, 6) is -0.124. The van der Waals surface area contributed by atoms with Crippen molar-refractivity contribution in [3.05, 3.63) is 34.9 Å². The third-order valence-corrected chi connectivity index (χ3v) is 3.95. The molecule has 4 heteroatoms. The summed E-state index contributed by atoms with van der Waals surface area (Å²) in [4.78, 5) is 11.8. The molecule has 1 fully saturated rings. The van der Waals surface area contributed by atoms with Crippen LogP contribution in [-0.4, -0.2) is 18.6 Å². The van der Waals surface area contributed by atoms with Crippen LogP contribution in [0, 0.1) is 5.92 Å². The summed E-state index contributed by atoms with van der Waals surface area (Å²) in [5.41, 5.74) is 1.22. The molecule has 1 heterocycles. The van der Waals surface area contributed by atoms with Gasteiger partial charge in [-0.3, -0.25) is 4.79 Å². The van der Waals surface area contributed by atoms with Crippen LogP contribution in [0.1, 0.15) is 38.3 Å². The van der Waals surface area contributed by atoms with E-state index in [4.69, 9.17) is 16.3 Å². The van der Waals surface area contributed by atoms with Gasteiger partial charge in [-0.1, -0.05) is 23.7 Å². The summed E-state index contributed by atoms with van der Waals surface area (Å²) < 4.78 is 5.11. The highest BCUT2D eigenvalue weighted by Crippen LogP contribution is 2.30. The molecule has 1 aromatic carbocycles. The van der Waals surface area contributed by atoms with Crippen molar-refractivity contribution < 1.29 is 9.53 Å². The number of benzene rings is 1. The van der Waals surface area contributed by atoms with Gasteiger partial charge >= 0.3 is 5.97 Å². The Morgan fingerprint density at radius 2 is 2.05 bits per heavy atom. The number of esters is 1. The van der Waals surface area contributed by atoms with Gasteiger partial charge in [0.1, 0.15) is 0 Å². The molecular formula is C15H20ClNO2. The molecule has 0 amide bonds. The molecule has 3 unspecified atom stereocenters. The van der Waals surface area contributed by atoms with Crippen LogP contribution < -0.4 is 5.32 Å². The molecule has 1 saturated heterocycles. The van der Waals surface area contributed by atoms with Gasteiger partial charge in [0.05, 0.1) is 12.5 Å². The molecular weight excluding hydrogens is 262 g/mol. The van der Waals surface area contributed by atoms with Crippen molar-refractivity contribution in [3.63, 3.8) is 0 Å². The Hall–Kier alpha value is -1.06. The number of hydrogen-bond donors (Lipinski definition) is 1. The summed E-state index contributed by atoms with van der Waals surface area (Å²) in [5, 5.41) is 4.24. The summed E-state index contributed by atoms with van der Waals surface area (Å²) in [6.07, 6.45) is 1.80. The zero-order valence-corrected chi connectivity index (χ0v) is 12.1. The average Bonchev–Trinajstić information content (AvgIpc) is 2.39. The molecule has 1 aromatic rings. The van der Waals surface area contributed by atoms with Crippen LogP contribution in [0.15, 0.2) is 24.3 Å². The van der Waals surface area contributed by atoms with Crippen molar-refractivity contribution in [2.45, 2.75) is 38.8 Å². The van der Waals surface area contributed by atoms with Crippen molar-refractivity contribution in [1.82, 2.24) is 5.32 Å². The van der Waals surface area contributed by atoms with Crippen molar-refractivity contribution >= 4 is 17.6 Å². The molecule has 0 aromatic heterocycles. The fourth-order valence-electron chi connectivity index (χ4n) is 2.64. The van der Waals surface area contributed by atoms with Gasteiger partial charge in [0.25, 0.3) is 0 Å². The van der Waals surface area contributed by atoms with E-state index in [9.17, 15) is 4.79 Å². The zero-order valence-electron chi connectivity index (χ0n) is 11.4. The SMILES string of the molecule is CCOC(=O)C1CCC(c2ccc(Cl)cc2)NC1C. The first-order chi connectivity index (χ1) is 9.11. The first kappa shape index (κ1) is 14.4. The van der Waals surface area contributed by atoms with Crippen LogP contribution >= 0.6 is 11.6 Å². The van der Waals surface area contributed by atoms with Crippen molar-refractivity contribution in [2.75, 3.05) is 6.61 Å². The molecule has 3 nitrogen and oxygen atoms in total. The minimum atomic E-state index is -0.0861. The van der Waals surface area contributed by atoms with Gasteiger partial charge in [0, 0.05) is 17.1 Å². The lowest BCUT2D eigenvalue weighted by molar-refractivity contribution is -0.150. The molecule has 0 radical (unpaired) electrons. The smallest absolute Gasteiger partial charge is 0.310 e. The normalized spacial score (nSPS) is 27.0. The molecule has 1 N–H and O–H groups in total. The summed E-state index contributed by atoms with van der Waals surface area (Å²) in [6.45, 7) is 4.33. The lowest BCUT2D eigenvalue weighted by Gasteiger charge is -2.34. The first-order valence-electron chi connectivity index (χ1n) is 6.80. The van der Waals surface area contributed by atoms with Crippen LogP contribution in [0.25, 0.3) is 0 Å². The van der Waals surface area contributed by atoms with Gasteiger partial charge in [-0.15, -0.1) is 0 Å². The largest absolute Gasteiger partial charge is 0.466 e. The number of hydrogen-bond acceptors (Lipinski definition) is 3. The van der Waals surface area contributed by atoms with Gasteiger partial charge < -0.3 is 10.1 Å². The van der Waals surface area contributed by atoms with Gasteiger partial charge in [0.2, 0.25) is 0 Å². The van der Waals surface area contributed by atoms with Crippen molar-refractivity contribution in [1.29, 1.82) is 0 Å². The maximum atomic E-state index is 11.8. The number of rotatable bonds is 3. The van der Waals surface area contributed by atoms with Crippen molar-refractivity contribution in [3.8, 4) is 0 Å². The Balaban J connectivity index is 1.99. The van der Waals surface area contributed by atoms with Crippen molar-refractivity contribution in [2.24, 2.45) is 5.92 Å². The third kappa shape index (κ3) is 3.48. The lowest BCUT2D eigenvalue weighted by atomic mass is 9.86. The fraction of sp³-hybridized carbons (Fsp3) is 0.533. The first-order valence-corrected chi connectivity index (χ1v) is 7.17. The highest BCUT2D eigenvalue weighted by Gasteiger charge is 2.33. The zero-order chi connectivity index (χ0) is 13.8. The van der Waals surface area contributed by atoms with Crippen LogP contribution in [-0.2, 0) is 9.53 Å². The van der Waals surface area contributed by atoms with E-state index >= 15 is 0 Å². The molecule has 19 heavy (non-hydrogen) atoms. The van der Waals surface area contributed by atoms with Crippen LogP contribution in [0.4, 0.5) is 0 Å². The van der Waals surface area contributed by atoms with E-state index in [1.165, 1.54) is 5.56 Å². The highest BCUT2D eigenvalue weighted by atomic mass is 35.5. The molecule has 0 saturated carbocycles. The lowest BCUT2D eigenvalue weighted by Crippen LogP contribution is -2.45.